The Labute approximate surface area is 78.2 Å². The molecule has 0 aromatic rings. The molecule has 0 aromatic heterocycles. The second-order valence-corrected chi connectivity index (χ2v) is 2.97. The van der Waals surface area contributed by atoms with Gasteiger partial charge in [-0.2, -0.15) is 0 Å². The van der Waals surface area contributed by atoms with E-state index in [-0.39, 0.29) is 30.9 Å². The summed E-state index contributed by atoms with van der Waals surface area (Å²) in [5, 5.41) is 0. The first-order valence-electron chi connectivity index (χ1n) is 4.32. The van der Waals surface area contributed by atoms with Crippen molar-refractivity contribution in [2.45, 2.75) is 39.2 Å². The van der Waals surface area contributed by atoms with Crippen molar-refractivity contribution in [3.8, 4) is 0 Å². The Hall–Kier alpha value is -1.06. The number of esters is 2. The maximum absolute atomic E-state index is 10.9. The molecule has 0 N–H and O–H groups in total. The van der Waals surface area contributed by atoms with Crippen LogP contribution in [-0.2, 0) is 19.1 Å². The fourth-order valence-corrected chi connectivity index (χ4v) is 0.801. The van der Waals surface area contributed by atoms with Gasteiger partial charge in [0.2, 0.25) is 0 Å². The zero-order valence-corrected chi connectivity index (χ0v) is 8.33. The average molecular weight is 188 g/mol. The first-order chi connectivity index (χ1) is 6.06. The third kappa shape index (κ3) is 7.31. The number of ether oxygens (including phenoxy) is 2. The summed E-state index contributed by atoms with van der Waals surface area (Å²) >= 11 is 0. The van der Waals surface area contributed by atoms with Crippen molar-refractivity contribution in [2.24, 2.45) is 0 Å². The fourth-order valence-electron chi connectivity index (χ4n) is 0.801. The molecule has 0 aliphatic heterocycles. The van der Waals surface area contributed by atoms with Crippen LogP contribution >= 0.6 is 0 Å². The summed E-state index contributed by atoms with van der Waals surface area (Å²) in [5.74, 6) is -0.559. The summed E-state index contributed by atoms with van der Waals surface area (Å²) in [6.45, 7) is 3.58. The van der Waals surface area contributed by atoms with Gasteiger partial charge in [-0.1, -0.05) is 0 Å². The molecule has 0 unspecified atom stereocenters. The standard InChI is InChI=1S/C9H16O4/c1-7(2)13-9(11)6-4-5-8(10)12-3/h7H,4-6H2,1-3H3. The van der Waals surface area contributed by atoms with Crippen molar-refractivity contribution in [3.05, 3.63) is 0 Å². The predicted molar refractivity (Wildman–Crippen MR) is 47.1 cm³/mol. The fraction of sp³-hybridized carbons (Fsp3) is 0.778. The number of hydrogen-bond acceptors (Lipinski definition) is 4. The van der Waals surface area contributed by atoms with E-state index in [2.05, 4.69) is 4.74 Å². The van der Waals surface area contributed by atoms with E-state index in [0.29, 0.717) is 6.42 Å². The normalized spacial score (nSPS) is 9.85. The summed E-state index contributed by atoms with van der Waals surface area (Å²) in [7, 11) is 1.33. The van der Waals surface area contributed by atoms with Crippen molar-refractivity contribution in [3.63, 3.8) is 0 Å². The lowest BCUT2D eigenvalue weighted by Gasteiger charge is -2.06. The van der Waals surface area contributed by atoms with Gasteiger partial charge in [0.25, 0.3) is 0 Å². The molecule has 0 bridgehead atoms. The Morgan fingerprint density at radius 1 is 1.15 bits per heavy atom. The number of hydrogen-bond donors (Lipinski definition) is 0. The third-order valence-electron chi connectivity index (χ3n) is 1.36. The van der Waals surface area contributed by atoms with Crippen LogP contribution in [0.4, 0.5) is 0 Å². The Bertz CT molecular complexity index is 174. The molecule has 0 fully saturated rings. The molecule has 0 amide bonds. The van der Waals surface area contributed by atoms with Crippen LogP contribution in [0.15, 0.2) is 0 Å². The molecule has 13 heavy (non-hydrogen) atoms. The van der Waals surface area contributed by atoms with E-state index in [0.717, 1.165) is 0 Å². The van der Waals surface area contributed by atoms with Gasteiger partial charge < -0.3 is 9.47 Å². The second kappa shape index (κ2) is 6.46. The van der Waals surface area contributed by atoms with Gasteiger partial charge in [-0.05, 0) is 20.3 Å². The maximum atomic E-state index is 10.9. The van der Waals surface area contributed by atoms with Crippen LogP contribution in [-0.4, -0.2) is 25.2 Å². The quantitative estimate of drug-likeness (QED) is 0.610. The van der Waals surface area contributed by atoms with Crippen molar-refractivity contribution in [1.82, 2.24) is 0 Å². The van der Waals surface area contributed by atoms with Crippen LogP contribution in [0.5, 0.6) is 0 Å². The molecule has 76 valence electrons. The molecule has 0 aromatic carbocycles. The molecule has 0 rings (SSSR count). The molecule has 0 aliphatic rings. The highest BCUT2D eigenvalue weighted by molar-refractivity contribution is 5.72. The van der Waals surface area contributed by atoms with Crippen LogP contribution < -0.4 is 0 Å². The van der Waals surface area contributed by atoms with Gasteiger partial charge in [0.15, 0.2) is 0 Å². The molecule has 0 atom stereocenters. The van der Waals surface area contributed by atoms with Gasteiger partial charge in [-0.3, -0.25) is 9.59 Å². The minimum absolute atomic E-state index is 0.0920. The molecular weight excluding hydrogens is 172 g/mol. The number of carbonyl (C=O) groups excluding carboxylic acids is 2. The summed E-state index contributed by atoms with van der Waals surface area (Å²) in [5.41, 5.74) is 0. The minimum Gasteiger partial charge on any atom is -0.469 e. The van der Waals surface area contributed by atoms with E-state index < -0.39 is 0 Å². The SMILES string of the molecule is COC(=O)CCCC(=O)OC(C)C. The molecule has 0 heterocycles. The number of rotatable bonds is 5. The summed E-state index contributed by atoms with van der Waals surface area (Å²) in [4.78, 5) is 21.6. The molecule has 4 nitrogen and oxygen atoms in total. The first kappa shape index (κ1) is 11.9. The predicted octanol–water partition coefficient (Wildman–Crippen LogP) is 1.28. The third-order valence-corrected chi connectivity index (χ3v) is 1.36. The molecule has 0 saturated heterocycles. The lowest BCUT2D eigenvalue weighted by Crippen LogP contribution is -2.11. The van der Waals surface area contributed by atoms with E-state index >= 15 is 0 Å². The zero-order valence-electron chi connectivity index (χ0n) is 8.33. The molecule has 0 spiro atoms. The van der Waals surface area contributed by atoms with Gasteiger partial charge in [-0.15, -0.1) is 0 Å². The monoisotopic (exact) mass is 188 g/mol. The van der Waals surface area contributed by atoms with Gasteiger partial charge in [0.1, 0.15) is 0 Å². The molecule has 0 aliphatic carbocycles. The van der Waals surface area contributed by atoms with E-state index in [4.69, 9.17) is 4.74 Å². The van der Waals surface area contributed by atoms with Gasteiger partial charge in [0, 0.05) is 12.8 Å². The Morgan fingerprint density at radius 3 is 2.15 bits per heavy atom. The van der Waals surface area contributed by atoms with Gasteiger partial charge in [0.05, 0.1) is 13.2 Å². The lowest BCUT2D eigenvalue weighted by molar-refractivity contribution is -0.147. The Kier molecular flexibility index (Phi) is 5.93. The summed E-state index contributed by atoms with van der Waals surface area (Å²) < 4.78 is 9.30. The highest BCUT2D eigenvalue weighted by atomic mass is 16.5. The van der Waals surface area contributed by atoms with Crippen LogP contribution in [0.1, 0.15) is 33.1 Å². The maximum Gasteiger partial charge on any atom is 0.306 e. The van der Waals surface area contributed by atoms with Crippen LogP contribution in [0, 0.1) is 0 Å². The van der Waals surface area contributed by atoms with Crippen LogP contribution in [0.3, 0.4) is 0 Å². The Morgan fingerprint density at radius 2 is 1.69 bits per heavy atom. The molecule has 4 heteroatoms. The molecule has 0 radical (unpaired) electrons. The summed E-state index contributed by atoms with van der Waals surface area (Å²) in [6, 6.07) is 0. The lowest BCUT2D eigenvalue weighted by atomic mass is 10.2. The molecular formula is C9H16O4. The van der Waals surface area contributed by atoms with Crippen LogP contribution in [0.2, 0.25) is 0 Å². The van der Waals surface area contributed by atoms with E-state index in [1.54, 1.807) is 13.8 Å². The Balaban J connectivity index is 3.42. The first-order valence-corrected chi connectivity index (χ1v) is 4.32. The van der Waals surface area contributed by atoms with Crippen molar-refractivity contribution in [2.75, 3.05) is 7.11 Å². The number of methoxy groups -OCH3 is 1. The number of carbonyl (C=O) groups is 2. The van der Waals surface area contributed by atoms with Crippen molar-refractivity contribution >= 4 is 11.9 Å². The van der Waals surface area contributed by atoms with Gasteiger partial charge in [-0.25, -0.2) is 0 Å². The van der Waals surface area contributed by atoms with Crippen LogP contribution in [0.25, 0.3) is 0 Å². The van der Waals surface area contributed by atoms with Crippen molar-refractivity contribution < 1.29 is 19.1 Å². The van der Waals surface area contributed by atoms with E-state index in [1.807, 2.05) is 0 Å². The van der Waals surface area contributed by atoms with Gasteiger partial charge >= 0.3 is 11.9 Å². The second-order valence-electron chi connectivity index (χ2n) is 2.97. The topological polar surface area (TPSA) is 52.6 Å². The van der Waals surface area contributed by atoms with E-state index in [9.17, 15) is 9.59 Å². The zero-order chi connectivity index (χ0) is 10.3. The highest BCUT2D eigenvalue weighted by Crippen LogP contribution is 2.01. The highest BCUT2D eigenvalue weighted by Gasteiger charge is 2.07. The minimum atomic E-state index is -0.294. The summed E-state index contributed by atoms with van der Waals surface area (Å²) in [6.07, 6.45) is 0.931. The van der Waals surface area contributed by atoms with E-state index in [1.165, 1.54) is 7.11 Å². The molecule has 0 saturated carbocycles. The largest absolute Gasteiger partial charge is 0.469 e. The smallest absolute Gasteiger partial charge is 0.306 e. The average Bonchev–Trinajstić information content (AvgIpc) is 2.02. The van der Waals surface area contributed by atoms with Crippen molar-refractivity contribution in [1.29, 1.82) is 0 Å².